The Balaban J connectivity index is 1.78. The number of thioether (sulfide) groups is 1. The maximum Gasteiger partial charge on any atom is 0.225 e. The minimum Gasteiger partial charge on any atom is -0.399 e. The predicted octanol–water partition coefficient (Wildman–Crippen LogP) is 1.73. The number of nitrogen functional groups attached to an aromatic ring is 1. The van der Waals surface area contributed by atoms with Crippen LogP contribution in [0.2, 0.25) is 0 Å². The molecule has 130 valence electrons. The molecule has 4 rings (SSSR count). The molecule has 0 saturated carbocycles. The van der Waals surface area contributed by atoms with Gasteiger partial charge in [-0.15, -0.1) is 0 Å². The van der Waals surface area contributed by atoms with E-state index >= 15 is 0 Å². The highest BCUT2D eigenvalue weighted by Gasteiger charge is 2.52. The molecule has 1 saturated heterocycles. The molecular weight excluding hydrogens is 346 g/mol. The number of nitrogens with two attached hydrogens (primary N) is 2. The van der Waals surface area contributed by atoms with E-state index in [1.807, 2.05) is 4.90 Å². The van der Waals surface area contributed by atoms with E-state index in [1.54, 1.807) is 6.07 Å². The quantitative estimate of drug-likeness (QED) is 0.791. The van der Waals surface area contributed by atoms with Crippen molar-refractivity contribution in [1.82, 2.24) is 9.97 Å². The van der Waals surface area contributed by atoms with E-state index in [2.05, 4.69) is 15.0 Å². The number of aliphatic imine (C=N–C) groups is 1. The maximum atomic E-state index is 14.6. The highest BCUT2D eigenvalue weighted by Crippen LogP contribution is 2.51. The molecule has 2 atom stereocenters. The first-order valence-corrected chi connectivity index (χ1v) is 8.56. The smallest absolute Gasteiger partial charge is 0.225 e. The molecule has 2 aliphatic rings. The molecule has 25 heavy (non-hydrogen) atoms. The lowest BCUT2D eigenvalue weighted by Crippen LogP contribution is -2.40. The molecule has 0 radical (unpaired) electrons. The summed E-state index contributed by atoms with van der Waals surface area (Å²) in [6.45, 7) is 1.49. The number of hydrogen-bond donors (Lipinski definition) is 2. The lowest BCUT2D eigenvalue weighted by Gasteiger charge is -2.36. The first-order chi connectivity index (χ1) is 12.0. The van der Waals surface area contributed by atoms with Crippen LogP contribution >= 0.6 is 11.8 Å². The Kier molecular flexibility index (Phi) is 3.75. The van der Waals surface area contributed by atoms with Gasteiger partial charge in [0.2, 0.25) is 5.95 Å². The first kappa shape index (κ1) is 16.1. The Bertz CT molecular complexity index is 843. The van der Waals surface area contributed by atoms with E-state index in [1.165, 1.54) is 23.9 Å². The SMILES string of the molecule is NC1=NC[C@H]2CN(c3ncc(F)cn3)C[C@]2(c2cc(N)ccc2F)S1. The van der Waals surface area contributed by atoms with Gasteiger partial charge in [-0.1, -0.05) is 11.8 Å². The van der Waals surface area contributed by atoms with Crippen molar-refractivity contribution in [1.29, 1.82) is 0 Å². The molecule has 1 aromatic heterocycles. The zero-order valence-electron chi connectivity index (χ0n) is 13.2. The first-order valence-electron chi connectivity index (χ1n) is 7.75. The van der Waals surface area contributed by atoms with Crippen molar-refractivity contribution in [3.63, 3.8) is 0 Å². The summed E-state index contributed by atoms with van der Waals surface area (Å²) < 4.78 is 27.1. The van der Waals surface area contributed by atoms with Crippen molar-refractivity contribution in [2.24, 2.45) is 16.6 Å². The fourth-order valence-electron chi connectivity index (χ4n) is 3.48. The molecule has 0 spiro atoms. The average molecular weight is 362 g/mol. The molecule has 6 nitrogen and oxygen atoms in total. The normalized spacial score (nSPS) is 25.6. The number of anilines is 2. The molecule has 0 unspecified atom stereocenters. The maximum absolute atomic E-state index is 14.6. The molecule has 4 N–H and O–H groups in total. The van der Waals surface area contributed by atoms with Gasteiger partial charge in [0.15, 0.2) is 11.0 Å². The summed E-state index contributed by atoms with van der Waals surface area (Å²) >= 11 is 1.34. The van der Waals surface area contributed by atoms with E-state index in [0.717, 1.165) is 12.4 Å². The van der Waals surface area contributed by atoms with Crippen LogP contribution in [0.5, 0.6) is 0 Å². The second-order valence-corrected chi connectivity index (χ2v) is 7.54. The standard InChI is InChI=1S/C16H16F2N6S/c17-10-5-22-15(23-6-10)24-7-9-4-21-14(20)25-16(9,8-24)12-3-11(19)1-2-13(12)18/h1-3,5-6,9H,4,7-8,19H2,(H2,20,21)/t9-,16-/m0/s1. The summed E-state index contributed by atoms with van der Waals surface area (Å²) in [6, 6.07) is 4.56. The Hall–Kier alpha value is -2.42. The van der Waals surface area contributed by atoms with Crippen LogP contribution in [0, 0.1) is 17.6 Å². The van der Waals surface area contributed by atoms with Gasteiger partial charge in [0, 0.05) is 36.8 Å². The second-order valence-electron chi connectivity index (χ2n) is 6.19. The van der Waals surface area contributed by atoms with E-state index in [9.17, 15) is 8.78 Å². The zero-order chi connectivity index (χ0) is 17.6. The largest absolute Gasteiger partial charge is 0.399 e. The molecule has 9 heteroatoms. The third-order valence-electron chi connectivity index (χ3n) is 4.62. The highest BCUT2D eigenvalue weighted by atomic mass is 32.2. The summed E-state index contributed by atoms with van der Waals surface area (Å²) in [5.41, 5.74) is 12.9. The monoisotopic (exact) mass is 362 g/mol. The van der Waals surface area contributed by atoms with Crippen LogP contribution in [0.3, 0.4) is 0 Å². The van der Waals surface area contributed by atoms with Crippen molar-refractivity contribution in [2.45, 2.75) is 4.75 Å². The zero-order valence-corrected chi connectivity index (χ0v) is 14.0. The predicted molar refractivity (Wildman–Crippen MR) is 94.3 cm³/mol. The molecule has 2 aromatic rings. The number of hydrogen-bond acceptors (Lipinski definition) is 7. The van der Waals surface area contributed by atoms with Crippen LogP contribution < -0.4 is 16.4 Å². The van der Waals surface area contributed by atoms with Gasteiger partial charge < -0.3 is 16.4 Å². The van der Waals surface area contributed by atoms with Gasteiger partial charge in [-0.25, -0.2) is 18.7 Å². The van der Waals surface area contributed by atoms with E-state index < -0.39 is 10.6 Å². The molecule has 0 bridgehead atoms. The fourth-order valence-corrected chi connectivity index (χ4v) is 4.79. The second kappa shape index (κ2) is 5.83. The summed E-state index contributed by atoms with van der Waals surface area (Å²) in [6.07, 6.45) is 2.24. The number of amidine groups is 1. The topological polar surface area (TPSA) is 93.4 Å². The molecule has 0 aliphatic carbocycles. The Labute approximate surface area is 147 Å². The Morgan fingerprint density at radius 3 is 2.72 bits per heavy atom. The van der Waals surface area contributed by atoms with Gasteiger partial charge in [0.1, 0.15) is 5.82 Å². The van der Waals surface area contributed by atoms with Crippen LogP contribution in [0.1, 0.15) is 5.56 Å². The van der Waals surface area contributed by atoms with Crippen LogP contribution in [-0.2, 0) is 4.75 Å². The van der Waals surface area contributed by atoms with Crippen molar-refractivity contribution < 1.29 is 8.78 Å². The fraction of sp³-hybridized carbons (Fsp3) is 0.312. The lowest BCUT2D eigenvalue weighted by molar-refractivity contribution is 0.464. The molecule has 2 aliphatic heterocycles. The van der Waals surface area contributed by atoms with Gasteiger partial charge >= 0.3 is 0 Å². The lowest BCUT2D eigenvalue weighted by atomic mass is 9.87. The van der Waals surface area contributed by atoms with Gasteiger partial charge in [-0.05, 0) is 18.2 Å². The highest BCUT2D eigenvalue weighted by molar-refractivity contribution is 8.14. The minimum atomic E-state index is -0.636. The van der Waals surface area contributed by atoms with Crippen LogP contribution in [0.15, 0.2) is 35.6 Å². The number of fused-ring (bicyclic) bond motifs is 1. The van der Waals surface area contributed by atoms with Gasteiger partial charge in [-0.2, -0.15) is 0 Å². The summed E-state index contributed by atoms with van der Waals surface area (Å²) in [5, 5.41) is 0.417. The average Bonchev–Trinajstić information content (AvgIpc) is 2.97. The third-order valence-corrected chi connectivity index (χ3v) is 6.00. The van der Waals surface area contributed by atoms with E-state index in [-0.39, 0.29) is 11.7 Å². The Morgan fingerprint density at radius 1 is 1.20 bits per heavy atom. The summed E-state index contributed by atoms with van der Waals surface area (Å²) in [5.74, 6) is -0.421. The number of aromatic nitrogens is 2. The third kappa shape index (κ3) is 2.68. The molecule has 3 heterocycles. The van der Waals surface area contributed by atoms with E-state index in [4.69, 9.17) is 11.5 Å². The van der Waals surface area contributed by atoms with Crippen molar-refractivity contribution in [3.8, 4) is 0 Å². The number of rotatable bonds is 2. The van der Waals surface area contributed by atoms with Crippen LogP contribution in [-0.4, -0.2) is 34.8 Å². The van der Waals surface area contributed by atoms with Crippen molar-refractivity contribution in [2.75, 3.05) is 30.3 Å². The van der Waals surface area contributed by atoms with Crippen LogP contribution in [0.25, 0.3) is 0 Å². The van der Waals surface area contributed by atoms with Crippen molar-refractivity contribution >= 4 is 28.6 Å². The Morgan fingerprint density at radius 2 is 1.96 bits per heavy atom. The van der Waals surface area contributed by atoms with Gasteiger partial charge in [-0.3, -0.25) is 4.99 Å². The number of halogens is 2. The van der Waals surface area contributed by atoms with Crippen molar-refractivity contribution in [3.05, 3.63) is 47.8 Å². The summed E-state index contributed by atoms with van der Waals surface area (Å²) in [4.78, 5) is 14.3. The van der Waals surface area contributed by atoms with E-state index in [0.29, 0.717) is 42.0 Å². The molecule has 1 fully saturated rings. The molecular formula is C16H16F2N6S. The summed E-state index contributed by atoms with van der Waals surface area (Å²) in [7, 11) is 0. The molecule has 0 amide bonds. The van der Waals surface area contributed by atoms with Gasteiger partial charge in [0.05, 0.1) is 17.1 Å². The number of benzene rings is 1. The van der Waals surface area contributed by atoms with Gasteiger partial charge in [0.25, 0.3) is 0 Å². The molecule has 1 aromatic carbocycles. The van der Waals surface area contributed by atoms with Crippen LogP contribution in [0.4, 0.5) is 20.4 Å². The number of nitrogens with zero attached hydrogens (tertiary/aromatic N) is 4. The minimum absolute atomic E-state index is 0.00903.